The standard InChI is InChI=1S/C13H8Br2Cl2/c14-10-3-1-2-8(6-10)13(15)9-4-5-11(16)12(17)7-9/h1-7,13H. The predicted octanol–water partition coefficient (Wildman–Crippen LogP) is 6.24. The van der Waals surface area contributed by atoms with Crippen LogP contribution in [0.5, 0.6) is 0 Å². The molecule has 2 aromatic carbocycles. The molecule has 2 rings (SSSR count). The first-order valence-electron chi connectivity index (χ1n) is 4.92. The molecule has 0 aliphatic carbocycles. The summed E-state index contributed by atoms with van der Waals surface area (Å²) in [6.07, 6.45) is 0. The molecule has 0 saturated carbocycles. The first kappa shape index (κ1) is 13.4. The summed E-state index contributed by atoms with van der Waals surface area (Å²) in [5, 5.41) is 1.15. The van der Waals surface area contributed by atoms with Crippen molar-refractivity contribution in [3.8, 4) is 0 Å². The lowest BCUT2D eigenvalue weighted by Gasteiger charge is -2.12. The summed E-state index contributed by atoms with van der Waals surface area (Å²) in [6.45, 7) is 0. The van der Waals surface area contributed by atoms with E-state index in [4.69, 9.17) is 23.2 Å². The molecule has 0 bridgehead atoms. The molecule has 4 heteroatoms. The molecular weight excluding hydrogens is 387 g/mol. The third kappa shape index (κ3) is 3.25. The second-order valence-electron chi connectivity index (χ2n) is 3.59. The highest BCUT2D eigenvalue weighted by Gasteiger charge is 2.11. The average molecular weight is 395 g/mol. The van der Waals surface area contributed by atoms with Gasteiger partial charge >= 0.3 is 0 Å². The summed E-state index contributed by atoms with van der Waals surface area (Å²) in [6, 6.07) is 13.8. The van der Waals surface area contributed by atoms with Gasteiger partial charge in [0.1, 0.15) is 0 Å². The van der Waals surface area contributed by atoms with Crippen LogP contribution in [0.1, 0.15) is 16.0 Å². The molecule has 1 unspecified atom stereocenters. The average Bonchev–Trinajstić information content (AvgIpc) is 2.32. The second kappa shape index (κ2) is 5.75. The maximum Gasteiger partial charge on any atom is 0.0645 e. The van der Waals surface area contributed by atoms with Crippen molar-refractivity contribution in [1.29, 1.82) is 0 Å². The van der Waals surface area contributed by atoms with Crippen LogP contribution in [-0.4, -0.2) is 0 Å². The van der Waals surface area contributed by atoms with Crippen molar-refractivity contribution < 1.29 is 0 Å². The Hall–Kier alpha value is -0.0200. The highest BCUT2D eigenvalue weighted by Crippen LogP contribution is 2.35. The fourth-order valence-electron chi connectivity index (χ4n) is 1.53. The van der Waals surface area contributed by atoms with Crippen LogP contribution in [0, 0.1) is 0 Å². The molecule has 0 N–H and O–H groups in total. The number of hydrogen-bond donors (Lipinski definition) is 0. The van der Waals surface area contributed by atoms with Crippen LogP contribution in [0.3, 0.4) is 0 Å². The van der Waals surface area contributed by atoms with Gasteiger partial charge in [-0.05, 0) is 35.4 Å². The number of hydrogen-bond acceptors (Lipinski definition) is 0. The van der Waals surface area contributed by atoms with Gasteiger partial charge in [-0.3, -0.25) is 0 Å². The van der Waals surface area contributed by atoms with Gasteiger partial charge in [0.25, 0.3) is 0 Å². The van der Waals surface area contributed by atoms with Crippen LogP contribution >= 0.6 is 55.1 Å². The smallest absolute Gasteiger partial charge is 0.0645 e. The minimum absolute atomic E-state index is 0.106. The molecule has 0 nitrogen and oxygen atoms in total. The minimum Gasteiger partial charge on any atom is -0.0827 e. The molecule has 0 aromatic heterocycles. The molecule has 1 atom stereocenters. The van der Waals surface area contributed by atoms with E-state index in [1.165, 1.54) is 0 Å². The fraction of sp³-hybridized carbons (Fsp3) is 0.0769. The van der Waals surface area contributed by atoms with Crippen LogP contribution in [0.2, 0.25) is 10.0 Å². The number of benzene rings is 2. The van der Waals surface area contributed by atoms with Gasteiger partial charge in [-0.1, -0.05) is 73.3 Å². The quantitative estimate of drug-likeness (QED) is 0.529. The molecule has 0 saturated heterocycles. The van der Waals surface area contributed by atoms with Crippen molar-refractivity contribution in [2.24, 2.45) is 0 Å². The molecule has 0 aliphatic rings. The van der Waals surface area contributed by atoms with Crippen molar-refractivity contribution in [3.05, 3.63) is 68.1 Å². The number of halogens is 4. The minimum atomic E-state index is 0.106. The van der Waals surface area contributed by atoms with E-state index in [0.29, 0.717) is 10.0 Å². The zero-order valence-corrected chi connectivity index (χ0v) is 13.3. The lowest BCUT2D eigenvalue weighted by atomic mass is 10.1. The third-order valence-electron chi connectivity index (χ3n) is 2.38. The van der Waals surface area contributed by atoms with E-state index in [1.807, 2.05) is 30.3 Å². The largest absolute Gasteiger partial charge is 0.0827 e. The van der Waals surface area contributed by atoms with Crippen molar-refractivity contribution in [2.75, 3.05) is 0 Å². The molecule has 0 radical (unpaired) electrons. The Bertz CT molecular complexity index is 541. The fourth-order valence-corrected chi connectivity index (χ4v) is 2.82. The Balaban J connectivity index is 2.36. The molecule has 0 amide bonds. The molecule has 17 heavy (non-hydrogen) atoms. The summed E-state index contributed by atoms with van der Waals surface area (Å²) >= 11 is 19.0. The van der Waals surface area contributed by atoms with Crippen LogP contribution in [-0.2, 0) is 0 Å². The summed E-state index contributed by atoms with van der Waals surface area (Å²) < 4.78 is 1.06. The van der Waals surface area contributed by atoms with E-state index in [-0.39, 0.29) is 4.83 Å². The van der Waals surface area contributed by atoms with Gasteiger partial charge in [0.15, 0.2) is 0 Å². The normalized spacial score (nSPS) is 12.5. The van der Waals surface area contributed by atoms with Crippen LogP contribution in [0.15, 0.2) is 46.9 Å². The van der Waals surface area contributed by atoms with Gasteiger partial charge in [-0.15, -0.1) is 0 Å². The van der Waals surface area contributed by atoms with Gasteiger partial charge in [0, 0.05) is 4.47 Å². The lowest BCUT2D eigenvalue weighted by Crippen LogP contribution is -1.92. The van der Waals surface area contributed by atoms with Gasteiger partial charge in [0.05, 0.1) is 14.9 Å². The lowest BCUT2D eigenvalue weighted by molar-refractivity contribution is 1.17. The number of alkyl halides is 1. The molecule has 0 heterocycles. The van der Waals surface area contributed by atoms with Gasteiger partial charge in [-0.25, -0.2) is 0 Å². The van der Waals surface area contributed by atoms with E-state index in [9.17, 15) is 0 Å². The second-order valence-corrected chi connectivity index (χ2v) is 6.24. The Kier molecular flexibility index (Phi) is 4.53. The van der Waals surface area contributed by atoms with Crippen LogP contribution in [0.25, 0.3) is 0 Å². The zero-order valence-electron chi connectivity index (χ0n) is 8.63. The first-order valence-corrected chi connectivity index (χ1v) is 7.39. The van der Waals surface area contributed by atoms with E-state index >= 15 is 0 Å². The SMILES string of the molecule is Clc1ccc(C(Br)c2cccc(Br)c2)cc1Cl. The highest BCUT2D eigenvalue weighted by molar-refractivity contribution is 9.10. The van der Waals surface area contributed by atoms with Crippen LogP contribution in [0.4, 0.5) is 0 Å². The molecule has 0 aliphatic heterocycles. The topological polar surface area (TPSA) is 0 Å². The molecule has 0 spiro atoms. The summed E-state index contributed by atoms with van der Waals surface area (Å²) in [7, 11) is 0. The summed E-state index contributed by atoms with van der Waals surface area (Å²) in [5.74, 6) is 0. The summed E-state index contributed by atoms with van der Waals surface area (Å²) in [4.78, 5) is 0.106. The highest BCUT2D eigenvalue weighted by atomic mass is 79.9. The van der Waals surface area contributed by atoms with Gasteiger partial charge in [-0.2, -0.15) is 0 Å². The zero-order chi connectivity index (χ0) is 12.4. The monoisotopic (exact) mass is 392 g/mol. The van der Waals surface area contributed by atoms with Crippen molar-refractivity contribution in [1.82, 2.24) is 0 Å². The maximum atomic E-state index is 6.01. The van der Waals surface area contributed by atoms with Gasteiger partial charge < -0.3 is 0 Å². The Labute approximate surface area is 127 Å². The van der Waals surface area contributed by atoms with E-state index in [1.54, 1.807) is 0 Å². The van der Waals surface area contributed by atoms with Crippen molar-refractivity contribution in [3.63, 3.8) is 0 Å². The van der Waals surface area contributed by atoms with Crippen LogP contribution < -0.4 is 0 Å². The Morgan fingerprint density at radius 3 is 2.24 bits per heavy atom. The van der Waals surface area contributed by atoms with E-state index in [2.05, 4.69) is 44.0 Å². The van der Waals surface area contributed by atoms with Gasteiger partial charge in [0.2, 0.25) is 0 Å². The van der Waals surface area contributed by atoms with Crippen molar-refractivity contribution in [2.45, 2.75) is 4.83 Å². The maximum absolute atomic E-state index is 6.01. The number of rotatable bonds is 2. The summed E-state index contributed by atoms with van der Waals surface area (Å²) in [5.41, 5.74) is 2.25. The molecule has 0 fully saturated rings. The Morgan fingerprint density at radius 1 is 0.882 bits per heavy atom. The molecule has 88 valence electrons. The molecular formula is C13H8Br2Cl2. The third-order valence-corrected chi connectivity index (χ3v) is 4.67. The molecule has 2 aromatic rings. The van der Waals surface area contributed by atoms with E-state index in [0.717, 1.165) is 15.6 Å². The van der Waals surface area contributed by atoms with Crippen molar-refractivity contribution >= 4 is 55.1 Å². The first-order chi connectivity index (χ1) is 8.08. The predicted molar refractivity (Wildman–Crippen MR) is 81.4 cm³/mol. The Morgan fingerprint density at radius 2 is 1.59 bits per heavy atom. The van der Waals surface area contributed by atoms with E-state index < -0.39 is 0 Å².